The Morgan fingerprint density at radius 1 is 1.07 bits per heavy atom. The molecule has 1 aromatic carbocycles. The number of nitrogens with one attached hydrogen (secondary N) is 2. The predicted octanol–water partition coefficient (Wildman–Crippen LogP) is 2.64. The summed E-state index contributed by atoms with van der Waals surface area (Å²) in [4.78, 5) is 9.09. The maximum atomic E-state index is 12.7. The van der Waals surface area contributed by atoms with Crippen molar-refractivity contribution < 1.29 is 13.2 Å². The fourth-order valence-corrected chi connectivity index (χ4v) is 3.36. The van der Waals surface area contributed by atoms with E-state index in [2.05, 4.69) is 46.3 Å². The van der Waals surface area contributed by atoms with Crippen molar-refractivity contribution in [2.75, 3.05) is 46.8 Å². The number of hydrogen-bond acceptors (Lipinski definition) is 3. The van der Waals surface area contributed by atoms with E-state index < -0.39 is 11.7 Å². The smallest absolute Gasteiger partial charge is 0.355 e. The second kappa shape index (κ2) is 10.1. The molecule has 28 heavy (non-hydrogen) atoms. The lowest BCUT2D eigenvalue weighted by Crippen LogP contribution is -2.55. The maximum absolute atomic E-state index is 12.7. The fourth-order valence-electron chi connectivity index (χ4n) is 3.36. The van der Waals surface area contributed by atoms with Gasteiger partial charge in [0.05, 0.1) is 5.56 Å². The average Bonchev–Trinajstić information content (AvgIpc) is 2.65. The van der Waals surface area contributed by atoms with Crippen molar-refractivity contribution in [3.05, 3.63) is 35.4 Å². The number of aliphatic imine (C=N–C) groups is 1. The third kappa shape index (κ3) is 6.67. The molecular weight excluding hydrogens is 367 g/mol. The molecule has 0 amide bonds. The van der Waals surface area contributed by atoms with Crippen LogP contribution in [0.15, 0.2) is 29.3 Å². The monoisotopic (exact) mass is 399 g/mol. The Kier molecular flexibility index (Phi) is 8.12. The van der Waals surface area contributed by atoms with Crippen molar-refractivity contribution in [1.82, 2.24) is 20.4 Å². The van der Waals surface area contributed by atoms with Gasteiger partial charge >= 0.3 is 6.18 Å². The first-order chi connectivity index (χ1) is 13.2. The summed E-state index contributed by atoms with van der Waals surface area (Å²) >= 11 is 0. The molecule has 0 aliphatic carbocycles. The number of benzene rings is 1. The van der Waals surface area contributed by atoms with E-state index in [0.29, 0.717) is 24.5 Å². The van der Waals surface area contributed by atoms with E-state index in [-0.39, 0.29) is 0 Å². The molecule has 2 rings (SSSR count). The van der Waals surface area contributed by atoms with Crippen LogP contribution in [0.3, 0.4) is 0 Å². The second-order valence-electron chi connectivity index (χ2n) is 7.65. The number of nitrogens with zero attached hydrogens (tertiary/aromatic N) is 3. The lowest BCUT2D eigenvalue weighted by molar-refractivity contribution is -0.137. The highest BCUT2D eigenvalue weighted by Crippen LogP contribution is 2.29. The molecule has 1 aromatic rings. The molecule has 0 spiro atoms. The first-order valence-corrected chi connectivity index (χ1v) is 9.74. The normalized spacial score (nSPS) is 18.4. The van der Waals surface area contributed by atoms with Crippen LogP contribution in [-0.4, -0.2) is 68.6 Å². The standard InChI is InChI=1S/C20H32F3N5/c1-15(2)18(28-11-9-27(4)10-12-28)14-26-19(24-3)25-13-16-5-7-17(8-6-16)20(21,22)23/h5-8,15,18H,9-14H2,1-4H3,(H2,24,25,26). The summed E-state index contributed by atoms with van der Waals surface area (Å²) in [5, 5.41) is 6.55. The van der Waals surface area contributed by atoms with Gasteiger partial charge in [-0.2, -0.15) is 13.2 Å². The molecule has 1 saturated heterocycles. The molecule has 8 heteroatoms. The molecule has 0 bridgehead atoms. The molecule has 1 atom stereocenters. The number of hydrogen-bond donors (Lipinski definition) is 2. The van der Waals surface area contributed by atoms with Gasteiger partial charge in [0.2, 0.25) is 0 Å². The molecule has 5 nitrogen and oxygen atoms in total. The molecule has 1 heterocycles. The fraction of sp³-hybridized carbons (Fsp3) is 0.650. The van der Waals surface area contributed by atoms with Crippen molar-refractivity contribution >= 4 is 5.96 Å². The summed E-state index contributed by atoms with van der Waals surface area (Å²) in [6.07, 6.45) is -4.31. The van der Waals surface area contributed by atoms with Gasteiger partial charge in [-0.05, 0) is 30.7 Å². The van der Waals surface area contributed by atoms with Gasteiger partial charge in [0.15, 0.2) is 5.96 Å². The minimum Gasteiger partial charge on any atom is -0.355 e. The molecule has 1 aliphatic heterocycles. The Morgan fingerprint density at radius 2 is 1.68 bits per heavy atom. The largest absolute Gasteiger partial charge is 0.416 e. The quantitative estimate of drug-likeness (QED) is 0.570. The summed E-state index contributed by atoms with van der Waals surface area (Å²) in [6.45, 7) is 9.89. The number of rotatable bonds is 6. The lowest BCUT2D eigenvalue weighted by Gasteiger charge is -2.40. The van der Waals surface area contributed by atoms with E-state index in [9.17, 15) is 13.2 Å². The zero-order valence-electron chi connectivity index (χ0n) is 17.2. The van der Waals surface area contributed by atoms with Gasteiger partial charge in [-0.1, -0.05) is 26.0 Å². The molecular formula is C20H32F3N5. The highest BCUT2D eigenvalue weighted by Gasteiger charge is 2.30. The van der Waals surface area contributed by atoms with Crippen LogP contribution in [0.2, 0.25) is 0 Å². The molecule has 1 unspecified atom stereocenters. The zero-order chi connectivity index (χ0) is 20.7. The first kappa shape index (κ1) is 22.5. The molecule has 1 fully saturated rings. The second-order valence-corrected chi connectivity index (χ2v) is 7.65. The van der Waals surface area contributed by atoms with Gasteiger partial charge in [0.25, 0.3) is 0 Å². The predicted molar refractivity (Wildman–Crippen MR) is 107 cm³/mol. The molecule has 0 aromatic heterocycles. The van der Waals surface area contributed by atoms with Crippen LogP contribution in [0.4, 0.5) is 13.2 Å². The maximum Gasteiger partial charge on any atom is 0.416 e. The summed E-state index contributed by atoms with van der Waals surface area (Å²) in [6, 6.07) is 5.59. The van der Waals surface area contributed by atoms with Crippen molar-refractivity contribution in [2.45, 2.75) is 32.6 Å². The number of halogens is 3. The Bertz CT molecular complexity index is 620. The topological polar surface area (TPSA) is 42.9 Å². The van der Waals surface area contributed by atoms with Crippen molar-refractivity contribution in [3.8, 4) is 0 Å². The van der Waals surface area contributed by atoms with Crippen LogP contribution in [0, 0.1) is 5.92 Å². The van der Waals surface area contributed by atoms with Gasteiger partial charge in [0.1, 0.15) is 0 Å². The number of guanidine groups is 1. The van der Waals surface area contributed by atoms with Gasteiger partial charge in [0, 0.05) is 52.4 Å². The lowest BCUT2D eigenvalue weighted by atomic mass is 10.0. The Morgan fingerprint density at radius 3 is 2.18 bits per heavy atom. The van der Waals surface area contributed by atoms with Crippen LogP contribution < -0.4 is 10.6 Å². The Hall–Kier alpha value is -1.80. The van der Waals surface area contributed by atoms with Gasteiger partial charge in [-0.3, -0.25) is 9.89 Å². The van der Waals surface area contributed by atoms with Crippen molar-refractivity contribution in [1.29, 1.82) is 0 Å². The minimum absolute atomic E-state index is 0.401. The third-order valence-corrected chi connectivity index (χ3v) is 5.22. The van der Waals surface area contributed by atoms with E-state index in [1.165, 1.54) is 12.1 Å². The van der Waals surface area contributed by atoms with Crippen LogP contribution in [-0.2, 0) is 12.7 Å². The van der Waals surface area contributed by atoms with Crippen LogP contribution in [0.1, 0.15) is 25.0 Å². The van der Waals surface area contributed by atoms with Gasteiger partial charge in [-0.25, -0.2) is 0 Å². The van der Waals surface area contributed by atoms with Gasteiger partial charge < -0.3 is 15.5 Å². The summed E-state index contributed by atoms with van der Waals surface area (Å²) in [5.74, 6) is 1.16. The summed E-state index contributed by atoms with van der Waals surface area (Å²) in [5.41, 5.74) is 0.140. The average molecular weight is 400 g/mol. The molecule has 0 saturated carbocycles. The van der Waals surface area contributed by atoms with Crippen molar-refractivity contribution in [2.24, 2.45) is 10.9 Å². The molecule has 1 aliphatic rings. The highest BCUT2D eigenvalue weighted by molar-refractivity contribution is 5.79. The van der Waals surface area contributed by atoms with E-state index in [1.54, 1.807) is 7.05 Å². The highest BCUT2D eigenvalue weighted by atomic mass is 19.4. The van der Waals surface area contributed by atoms with Crippen LogP contribution in [0.25, 0.3) is 0 Å². The third-order valence-electron chi connectivity index (χ3n) is 5.22. The number of likely N-dealkylation sites (N-methyl/N-ethyl adjacent to an activating group) is 1. The van der Waals surface area contributed by atoms with E-state index in [0.717, 1.165) is 50.4 Å². The number of piperazine rings is 1. The zero-order valence-corrected chi connectivity index (χ0v) is 17.2. The van der Waals surface area contributed by atoms with Crippen LogP contribution in [0.5, 0.6) is 0 Å². The summed E-state index contributed by atoms with van der Waals surface area (Å²) < 4.78 is 38.0. The molecule has 0 radical (unpaired) electrons. The van der Waals surface area contributed by atoms with E-state index >= 15 is 0 Å². The molecule has 2 N–H and O–H groups in total. The first-order valence-electron chi connectivity index (χ1n) is 9.74. The van der Waals surface area contributed by atoms with E-state index in [1.807, 2.05) is 0 Å². The Balaban J connectivity index is 1.86. The Labute approximate surface area is 166 Å². The van der Waals surface area contributed by atoms with Crippen molar-refractivity contribution in [3.63, 3.8) is 0 Å². The SMILES string of the molecule is CN=C(NCc1ccc(C(F)(F)F)cc1)NCC(C(C)C)N1CCN(C)CC1. The summed E-state index contributed by atoms with van der Waals surface area (Å²) in [7, 11) is 3.84. The van der Waals surface area contributed by atoms with Crippen LogP contribution >= 0.6 is 0 Å². The molecule has 158 valence electrons. The van der Waals surface area contributed by atoms with Gasteiger partial charge in [-0.15, -0.1) is 0 Å². The minimum atomic E-state index is -4.31. The van der Waals surface area contributed by atoms with E-state index in [4.69, 9.17) is 0 Å². The number of alkyl halides is 3.